The molecule has 1 saturated carbocycles. The molecule has 0 heterocycles. The van der Waals surface area contributed by atoms with E-state index >= 15 is 0 Å². The van der Waals surface area contributed by atoms with E-state index in [0.29, 0.717) is 12.6 Å². The standard InChI is InChI=1S/C14H20N2O2/c1-10(11-4-3-5-13(8-11)18-2)16-14(17)9-15-12-6-7-12/h3-5,8,10,12,15H,6-7,9H2,1-2H3,(H,16,17). The van der Waals surface area contributed by atoms with Crippen molar-refractivity contribution in [2.45, 2.75) is 31.8 Å². The highest BCUT2D eigenvalue weighted by atomic mass is 16.5. The van der Waals surface area contributed by atoms with Gasteiger partial charge in [-0.1, -0.05) is 12.1 Å². The van der Waals surface area contributed by atoms with Crippen molar-refractivity contribution in [3.8, 4) is 5.75 Å². The number of carbonyl (C=O) groups is 1. The van der Waals surface area contributed by atoms with Crippen LogP contribution in [-0.2, 0) is 4.79 Å². The average Bonchev–Trinajstić information content (AvgIpc) is 3.20. The summed E-state index contributed by atoms with van der Waals surface area (Å²) in [6.45, 7) is 2.38. The normalized spacial score (nSPS) is 16.1. The zero-order chi connectivity index (χ0) is 13.0. The van der Waals surface area contributed by atoms with Crippen molar-refractivity contribution in [1.82, 2.24) is 10.6 Å². The summed E-state index contributed by atoms with van der Waals surface area (Å²) in [4.78, 5) is 11.7. The molecular weight excluding hydrogens is 228 g/mol. The molecule has 0 aliphatic heterocycles. The Morgan fingerprint density at radius 2 is 2.28 bits per heavy atom. The maximum Gasteiger partial charge on any atom is 0.234 e. The van der Waals surface area contributed by atoms with Crippen molar-refractivity contribution in [2.75, 3.05) is 13.7 Å². The number of hydrogen-bond acceptors (Lipinski definition) is 3. The van der Waals surface area contributed by atoms with Crippen molar-refractivity contribution >= 4 is 5.91 Å². The second-order valence-corrected chi connectivity index (χ2v) is 4.72. The summed E-state index contributed by atoms with van der Waals surface area (Å²) < 4.78 is 5.17. The molecule has 0 spiro atoms. The molecule has 1 aliphatic carbocycles. The first-order valence-electron chi connectivity index (χ1n) is 6.35. The fourth-order valence-corrected chi connectivity index (χ4v) is 1.81. The second kappa shape index (κ2) is 5.87. The summed E-state index contributed by atoms with van der Waals surface area (Å²) in [5.74, 6) is 0.849. The molecule has 1 amide bonds. The largest absolute Gasteiger partial charge is 0.497 e. The summed E-state index contributed by atoms with van der Waals surface area (Å²) in [6, 6.07) is 8.31. The van der Waals surface area contributed by atoms with Gasteiger partial charge in [0.05, 0.1) is 19.7 Å². The fourth-order valence-electron chi connectivity index (χ4n) is 1.81. The number of benzene rings is 1. The summed E-state index contributed by atoms with van der Waals surface area (Å²) >= 11 is 0. The number of ether oxygens (including phenoxy) is 1. The van der Waals surface area contributed by atoms with Gasteiger partial charge in [-0.25, -0.2) is 0 Å². The number of nitrogens with one attached hydrogen (secondary N) is 2. The van der Waals surface area contributed by atoms with E-state index in [4.69, 9.17) is 4.74 Å². The van der Waals surface area contributed by atoms with Crippen molar-refractivity contribution in [2.24, 2.45) is 0 Å². The minimum Gasteiger partial charge on any atom is -0.497 e. The van der Waals surface area contributed by atoms with E-state index in [1.165, 1.54) is 12.8 Å². The molecule has 0 bridgehead atoms. The van der Waals surface area contributed by atoms with E-state index in [0.717, 1.165) is 11.3 Å². The van der Waals surface area contributed by atoms with Crippen molar-refractivity contribution in [3.05, 3.63) is 29.8 Å². The lowest BCUT2D eigenvalue weighted by molar-refractivity contribution is -0.120. The van der Waals surface area contributed by atoms with Crippen molar-refractivity contribution in [3.63, 3.8) is 0 Å². The Morgan fingerprint density at radius 3 is 2.94 bits per heavy atom. The minimum absolute atomic E-state index is 0.00592. The number of amides is 1. The molecule has 1 aliphatic rings. The Hall–Kier alpha value is -1.55. The molecule has 1 aromatic carbocycles. The van der Waals surface area contributed by atoms with E-state index < -0.39 is 0 Å². The predicted octanol–water partition coefficient (Wildman–Crippen LogP) is 1.62. The van der Waals surface area contributed by atoms with Gasteiger partial charge in [0.1, 0.15) is 5.75 Å². The van der Waals surface area contributed by atoms with E-state index in [2.05, 4.69) is 10.6 Å². The Balaban J connectivity index is 1.84. The lowest BCUT2D eigenvalue weighted by Gasteiger charge is -2.15. The summed E-state index contributed by atoms with van der Waals surface area (Å²) in [6.07, 6.45) is 2.39. The second-order valence-electron chi connectivity index (χ2n) is 4.72. The van der Waals surface area contributed by atoms with E-state index in [1.807, 2.05) is 31.2 Å². The lowest BCUT2D eigenvalue weighted by Crippen LogP contribution is -2.36. The van der Waals surface area contributed by atoms with Gasteiger partial charge in [-0.05, 0) is 37.5 Å². The van der Waals surface area contributed by atoms with Crippen LogP contribution in [0.1, 0.15) is 31.4 Å². The molecule has 1 fully saturated rings. The number of hydrogen-bond donors (Lipinski definition) is 2. The van der Waals surface area contributed by atoms with Crippen LogP contribution in [0.2, 0.25) is 0 Å². The molecule has 2 N–H and O–H groups in total. The van der Waals surface area contributed by atoms with Gasteiger partial charge in [0.15, 0.2) is 0 Å². The number of carbonyl (C=O) groups excluding carboxylic acids is 1. The first-order chi connectivity index (χ1) is 8.69. The molecule has 1 aromatic rings. The van der Waals surface area contributed by atoms with Gasteiger partial charge in [0.25, 0.3) is 0 Å². The van der Waals surface area contributed by atoms with Gasteiger partial charge < -0.3 is 15.4 Å². The van der Waals surface area contributed by atoms with Crippen molar-refractivity contribution < 1.29 is 9.53 Å². The van der Waals surface area contributed by atoms with Gasteiger partial charge in [0, 0.05) is 6.04 Å². The molecule has 1 unspecified atom stereocenters. The van der Waals surface area contributed by atoms with Gasteiger partial charge in [-0.3, -0.25) is 4.79 Å². The lowest BCUT2D eigenvalue weighted by atomic mass is 10.1. The molecule has 18 heavy (non-hydrogen) atoms. The maximum atomic E-state index is 11.7. The highest BCUT2D eigenvalue weighted by Crippen LogP contribution is 2.19. The molecule has 98 valence electrons. The van der Waals surface area contributed by atoms with Crippen LogP contribution in [-0.4, -0.2) is 25.6 Å². The Labute approximate surface area is 108 Å². The van der Waals surface area contributed by atoms with Crippen LogP contribution in [0.25, 0.3) is 0 Å². The summed E-state index contributed by atoms with van der Waals surface area (Å²) in [5, 5.41) is 6.17. The zero-order valence-electron chi connectivity index (χ0n) is 10.9. The first kappa shape index (κ1) is 12.9. The van der Waals surface area contributed by atoms with E-state index in [1.54, 1.807) is 7.11 Å². The van der Waals surface area contributed by atoms with Crippen LogP contribution in [0.15, 0.2) is 24.3 Å². The third kappa shape index (κ3) is 3.74. The number of methoxy groups -OCH3 is 1. The monoisotopic (exact) mass is 248 g/mol. The zero-order valence-corrected chi connectivity index (χ0v) is 10.9. The molecule has 4 heteroatoms. The van der Waals surface area contributed by atoms with Crippen molar-refractivity contribution in [1.29, 1.82) is 0 Å². The third-order valence-corrected chi connectivity index (χ3v) is 3.10. The minimum atomic E-state index is -0.00592. The van der Waals surface area contributed by atoms with Gasteiger partial charge in [-0.15, -0.1) is 0 Å². The van der Waals surface area contributed by atoms with Crippen LogP contribution in [0.4, 0.5) is 0 Å². The summed E-state index contributed by atoms with van der Waals surface area (Å²) in [7, 11) is 1.64. The molecule has 0 radical (unpaired) electrons. The molecule has 4 nitrogen and oxygen atoms in total. The molecule has 0 aromatic heterocycles. The fraction of sp³-hybridized carbons (Fsp3) is 0.500. The Morgan fingerprint density at radius 1 is 1.50 bits per heavy atom. The van der Waals surface area contributed by atoms with Crippen LogP contribution in [0, 0.1) is 0 Å². The third-order valence-electron chi connectivity index (χ3n) is 3.10. The summed E-state index contributed by atoms with van der Waals surface area (Å²) in [5.41, 5.74) is 1.05. The molecule has 1 atom stereocenters. The smallest absolute Gasteiger partial charge is 0.234 e. The first-order valence-corrected chi connectivity index (χ1v) is 6.35. The number of rotatable bonds is 6. The highest BCUT2D eigenvalue weighted by Gasteiger charge is 2.21. The average molecular weight is 248 g/mol. The molecule has 0 saturated heterocycles. The van der Waals surface area contributed by atoms with E-state index in [9.17, 15) is 4.79 Å². The van der Waals surface area contributed by atoms with Crippen LogP contribution < -0.4 is 15.4 Å². The predicted molar refractivity (Wildman–Crippen MR) is 70.6 cm³/mol. The van der Waals surface area contributed by atoms with Crippen LogP contribution in [0.5, 0.6) is 5.75 Å². The maximum absolute atomic E-state index is 11.7. The van der Waals surface area contributed by atoms with E-state index in [-0.39, 0.29) is 11.9 Å². The Kier molecular flexibility index (Phi) is 4.20. The SMILES string of the molecule is COc1cccc(C(C)NC(=O)CNC2CC2)c1. The topological polar surface area (TPSA) is 50.4 Å². The van der Waals surface area contributed by atoms with Gasteiger partial charge in [-0.2, -0.15) is 0 Å². The van der Waals surface area contributed by atoms with Crippen LogP contribution in [0.3, 0.4) is 0 Å². The quantitative estimate of drug-likeness (QED) is 0.804. The molecule has 2 rings (SSSR count). The van der Waals surface area contributed by atoms with Gasteiger partial charge >= 0.3 is 0 Å². The highest BCUT2D eigenvalue weighted by molar-refractivity contribution is 5.78. The molecular formula is C14H20N2O2. The van der Waals surface area contributed by atoms with Gasteiger partial charge in [0.2, 0.25) is 5.91 Å². The Bertz CT molecular complexity index is 416. The van der Waals surface area contributed by atoms with Crippen LogP contribution >= 0.6 is 0 Å².